The van der Waals surface area contributed by atoms with Gasteiger partial charge in [-0.1, -0.05) is 69.7 Å². The van der Waals surface area contributed by atoms with E-state index in [-0.39, 0.29) is 29.9 Å². The van der Waals surface area contributed by atoms with Crippen LogP contribution in [0.2, 0.25) is 0 Å². The molecule has 0 saturated carbocycles. The Balaban J connectivity index is 1.67. The van der Waals surface area contributed by atoms with Gasteiger partial charge in [0.25, 0.3) is 0 Å². The van der Waals surface area contributed by atoms with Gasteiger partial charge < -0.3 is 10.6 Å². The molecule has 0 bridgehead atoms. The van der Waals surface area contributed by atoms with E-state index in [1.165, 1.54) is 17.3 Å². The Bertz CT molecular complexity index is 996. The van der Waals surface area contributed by atoms with Gasteiger partial charge in [0.2, 0.25) is 11.8 Å². The Morgan fingerprint density at radius 2 is 2.07 bits per heavy atom. The average molecular weight is 470 g/mol. The second-order valence-corrected chi connectivity index (χ2v) is 8.67. The number of thioether (sulfide) groups is 1. The van der Waals surface area contributed by atoms with E-state index in [1.54, 1.807) is 0 Å². The zero-order chi connectivity index (χ0) is 20.8. The third kappa shape index (κ3) is 5.72. The van der Waals surface area contributed by atoms with Crippen LogP contribution < -0.4 is 10.6 Å². The Hall–Kier alpha value is -2.56. The highest BCUT2D eigenvalue weighted by Crippen LogP contribution is 2.36. The fourth-order valence-electron chi connectivity index (χ4n) is 3.04. The minimum absolute atomic E-state index is 0.123. The van der Waals surface area contributed by atoms with Crippen molar-refractivity contribution in [1.29, 1.82) is 5.26 Å². The molecule has 2 aromatic carbocycles. The second-order valence-electron chi connectivity index (χ2n) is 6.77. The molecule has 0 fully saturated rings. The first-order valence-corrected chi connectivity index (χ1v) is 10.9. The van der Waals surface area contributed by atoms with Crippen LogP contribution in [0.1, 0.15) is 29.0 Å². The van der Waals surface area contributed by atoms with E-state index in [0.29, 0.717) is 17.1 Å². The number of benzene rings is 2. The molecule has 29 heavy (non-hydrogen) atoms. The zero-order valence-electron chi connectivity index (χ0n) is 15.9. The monoisotopic (exact) mass is 469 g/mol. The molecule has 148 valence electrons. The van der Waals surface area contributed by atoms with E-state index in [1.807, 2.05) is 55.5 Å². The Morgan fingerprint density at radius 1 is 1.31 bits per heavy atom. The minimum atomic E-state index is -0.315. The summed E-state index contributed by atoms with van der Waals surface area (Å²) in [6.45, 7) is 2.45. The van der Waals surface area contributed by atoms with E-state index in [0.717, 1.165) is 15.6 Å². The van der Waals surface area contributed by atoms with Crippen LogP contribution in [0.5, 0.6) is 0 Å². The minimum Gasteiger partial charge on any atom is -0.351 e. The van der Waals surface area contributed by atoms with Gasteiger partial charge in [0.05, 0.1) is 22.4 Å². The van der Waals surface area contributed by atoms with E-state index in [2.05, 4.69) is 32.6 Å². The van der Waals surface area contributed by atoms with E-state index < -0.39 is 0 Å². The lowest BCUT2D eigenvalue weighted by molar-refractivity contribution is -0.121. The normalized spacial score (nSPS) is 16.2. The summed E-state index contributed by atoms with van der Waals surface area (Å²) in [7, 11) is 0. The largest absolute Gasteiger partial charge is 0.351 e. The summed E-state index contributed by atoms with van der Waals surface area (Å²) in [6.07, 6.45) is 0.211. The first-order valence-electron chi connectivity index (χ1n) is 9.11. The van der Waals surface area contributed by atoms with Crippen molar-refractivity contribution in [3.05, 3.63) is 80.3 Å². The van der Waals surface area contributed by atoms with Crippen LogP contribution in [0, 0.1) is 18.3 Å². The van der Waals surface area contributed by atoms with Crippen molar-refractivity contribution in [2.24, 2.45) is 0 Å². The van der Waals surface area contributed by atoms with Crippen LogP contribution in [0.3, 0.4) is 0 Å². The van der Waals surface area contributed by atoms with Gasteiger partial charge in [-0.2, -0.15) is 5.26 Å². The summed E-state index contributed by atoms with van der Waals surface area (Å²) >= 11 is 4.62. The number of rotatable bonds is 6. The van der Waals surface area contributed by atoms with Crippen LogP contribution >= 0.6 is 27.7 Å². The number of halogens is 1. The molecule has 0 aliphatic carbocycles. The van der Waals surface area contributed by atoms with Crippen molar-refractivity contribution < 1.29 is 9.59 Å². The molecule has 1 atom stereocenters. The van der Waals surface area contributed by atoms with Crippen LogP contribution in [-0.4, -0.2) is 17.6 Å². The van der Waals surface area contributed by atoms with Crippen LogP contribution in [0.15, 0.2) is 63.6 Å². The standard InChI is InChI=1S/C22H20BrN3O2S/c1-14-5-7-15(8-6-14)12-25-21(28)13-29-22-19(11-24)18(10-20(27)26-22)16-3-2-4-17(23)9-16/h2-9,18H,10,12-13H2,1H3,(H,25,28)(H,26,27)/t18-/m1/s1. The molecule has 0 aromatic heterocycles. The predicted molar refractivity (Wildman–Crippen MR) is 118 cm³/mol. The van der Waals surface area contributed by atoms with E-state index in [9.17, 15) is 14.9 Å². The lowest BCUT2D eigenvalue weighted by Crippen LogP contribution is -2.32. The number of nitrogens with one attached hydrogen (secondary N) is 2. The topological polar surface area (TPSA) is 82.0 Å². The van der Waals surface area contributed by atoms with Crippen molar-refractivity contribution in [1.82, 2.24) is 10.6 Å². The summed E-state index contributed by atoms with van der Waals surface area (Å²) in [6, 6.07) is 17.8. The molecule has 1 aliphatic heterocycles. The molecule has 2 amide bonds. The molecule has 0 saturated heterocycles. The van der Waals surface area contributed by atoms with Gasteiger partial charge in [0.15, 0.2) is 0 Å². The highest BCUT2D eigenvalue weighted by molar-refractivity contribution is 9.10. The third-order valence-corrected chi connectivity index (χ3v) is 6.08. The summed E-state index contributed by atoms with van der Waals surface area (Å²) in [5, 5.41) is 15.8. The summed E-state index contributed by atoms with van der Waals surface area (Å²) < 4.78 is 0.892. The second kappa shape index (κ2) is 9.77. The quantitative estimate of drug-likeness (QED) is 0.665. The molecule has 1 heterocycles. The van der Waals surface area contributed by atoms with Crippen molar-refractivity contribution in [3.8, 4) is 6.07 Å². The molecular weight excluding hydrogens is 450 g/mol. The lowest BCUT2D eigenvalue weighted by atomic mass is 9.87. The fourth-order valence-corrected chi connectivity index (χ4v) is 4.36. The van der Waals surface area contributed by atoms with Crippen molar-refractivity contribution >= 4 is 39.5 Å². The van der Waals surface area contributed by atoms with E-state index in [4.69, 9.17) is 0 Å². The van der Waals surface area contributed by atoms with Gasteiger partial charge in [0, 0.05) is 23.4 Å². The average Bonchev–Trinajstić information content (AvgIpc) is 2.71. The summed E-state index contributed by atoms with van der Waals surface area (Å²) in [4.78, 5) is 24.4. The fraction of sp³-hybridized carbons (Fsp3) is 0.227. The number of hydrogen-bond acceptors (Lipinski definition) is 4. The molecule has 2 N–H and O–H groups in total. The molecular formula is C22H20BrN3O2S. The molecule has 1 aliphatic rings. The number of hydrogen-bond donors (Lipinski definition) is 2. The van der Waals surface area contributed by atoms with Crippen LogP contribution in [0.4, 0.5) is 0 Å². The van der Waals surface area contributed by atoms with Gasteiger partial charge in [-0.05, 0) is 30.2 Å². The van der Waals surface area contributed by atoms with Crippen LogP contribution in [0.25, 0.3) is 0 Å². The number of carbonyl (C=O) groups excluding carboxylic acids is 2. The van der Waals surface area contributed by atoms with Crippen molar-refractivity contribution in [2.75, 3.05) is 5.75 Å². The highest BCUT2D eigenvalue weighted by Gasteiger charge is 2.29. The molecule has 0 unspecified atom stereocenters. The number of carbonyl (C=O) groups is 2. The molecule has 3 rings (SSSR count). The lowest BCUT2D eigenvalue weighted by Gasteiger charge is -2.25. The SMILES string of the molecule is Cc1ccc(CNC(=O)CSC2=C(C#N)[C@@H](c3cccc(Br)c3)CC(=O)N2)cc1. The smallest absolute Gasteiger partial charge is 0.230 e. The number of allylic oxidation sites excluding steroid dienone is 1. The number of nitriles is 1. The molecule has 0 spiro atoms. The Labute approximate surface area is 182 Å². The first kappa shape index (κ1) is 21.2. The van der Waals surface area contributed by atoms with Gasteiger partial charge in [-0.25, -0.2) is 0 Å². The maximum atomic E-state index is 12.2. The van der Waals surface area contributed by atoms with Gasteiger partial charge >= 0.3 is 0 Å². The number of aryl methyl sites for hydroxylation is 1. The zero-order valence-corrected chi connectivity index (χ0v) is 18.3. The molecule has 7 heteroatoms. The molecule has 5 nitrogen and oxygen atoms in total. The maximum Gasteiger partial charge on any atom is 0.230 e. The molecule has 2 aromatic rings. The summed E-state index contributed by atoms with van der Waals surface area (Å²) in [5.41, 5.74) is 3.57. The van der Waals surface area contributed by atoms with Crippen molar-refractivity contribution in [2.45, 2.75) is 25.8 Å². The Kier molecular flexibility index (Phi) is 7.13. The van der Waals surface area contributed by atoms with Crippen LogP contribution in [-0.2, 0) is 16.1 Å². The first-order chi connectivity index (χ1) is 14.0. The number of amides is 2. The summed E-state index contributed by atoms with van der Waals surface area (Å²) in [5.74, 6) is -0.502. The molecule has 0 radical (unpaired) electrons. The number of nitrogens with zero attached hydrogens (tertiary/aromatic N) is 1. The van der Waals surface area contributed by atoms with Gasteiger partial charge in [-0.3, -0.25) is 9.59 Å². The third-order valence-electron chi connectivity index (χ3n) is 4.56. The Morgan fingerprint density at radius 3 is 2.76 bits per heavy atom. The van der Waals surface area contributed by atoms with Gasteiger partial charge in [0.1, 0.15) is 0 Å². The van der Waals surface area contributed by atoms with Crippen molar-refractivity contribution in [3.63, 3.8) is 0 Å². The van der Waals surface area contributed by atoms with E-state index >= 15 is 0 Å². The predicted octanol–water partition coefficient (Wildman–Crippen LogP) is 4.15. The van der Waals surface area contributed by atoms with Gasteiger partial charge in [-0.15, -0.1) is 0 Å². The highest BCUT2D eigenvalue weighted by atomic mass is 79.9. The maximum absolute atomic E-state index is 12.2.